The molecular formula is C16H23ClFN3O. The second kappa shape index (κ2) is 8.46. The summed E-state index contributed by atoms with van der Waals surface area (Å²) in [6, 6.07) is 3.81. The fourth-order valence-corrected chi connectivity index (χ4v) is 2.86. The zero-order valence-corrected chi connectivity index (χ0v) is 13.7. The lowest BCUT2D eigenvalue weighted by molar-refractivity contribution is 0.0948. The van der Waals surface area contributed by atoms with Gasteiger partial charge in [-0.2, -0.15) is 0 Å². The molecule has 1 saturated heterocycles. The highest BCUT2D eigenvalue weighted by Crippen LogP contribution is 2.16. The molecule has 22 heavy (non-hydrogen) atoms. The molecule has 1 aromatic rings. The minimum Gasteiger partial charge on any atom is -0.352 e. The maximum atomic E-state index is 13.0. The Morgan fingerprint density at radius 1 is 1.27 bits per heavy atom. The largest absolute Gasteiger partial charge is 0.352 e. The molecule has 0 aromatic heterocycles. The van der Waals surface area contributed by atoms with Gasteiger partial charge >= 0.3 is 0 Å². The number of hydrogen-bond acceptors (Lipinski definition) is 3. The molecule has 1 aliphatic heterocycles. The number of nitrogens with zero attached hydrogens (tertiary/aromatic N) is 2. The predicted molar refractivity (Wildman–Crippen MR) is 86.9 cm³/mol. The lowest BCUT2D eigenvalue weighted by Gasteiger charge is -2.33. The van der Waals surface area contributed by atoms with Crippen LogP contribution in [0.1, 0.15) is 23.7 Å². The van der Waals surface area contributed by atoms with E-state index >= 15 is 0 Å². The van der Waals surface area contributed by atoms with Crippen molar-refractivity contribution in [1.29, 1.82) is 0 Å². The van der Waals surface area contributed by atoms with E-state index in [4.69, 9.17) is 11.6 Å². The van der Waals surface area contributed by atoms with Crippen LogP contribution in [0.25, 0.3) is 0 Å². The summed E-state index contributed by atoms with van der Waals surface area (Å²) in [5.41, 5.74) is 0.319. The van der Waals surface area contributed by atoms with Crippen molar-refractivity contribution in [3.63, 3.8) is 0 Å². The molecule has 1 heterocycles. The topological polar surface area (TPSA) is 35.6 Å². The number of piperazine rings is 1. The first-order valence-corrected chi connectivity index (χ1v) is 8.16. The molecule has 1 N–H and O–H groups in total. The molecule has 1 aliphatic rings. The number of nitrogens with one attached hydrogen (secondary N) is 1. The van der Waals surface area contributed by atoms with Crippen LogP contribution in [0.4, 0.5) is 4.39 Å². The normalized spacial score (nSPS) is 16.7. The Bertz CT molecular complexity index is 504. The third kappa shape index (κ3) is 4.93. The molecule has 122 valence electrons. The highest BCUT2D eigenvalue weighted by Gasteiger charge is 2.15. The van der Waals surface area contributed by atoms with Crippen LogP contribution in [-0.2, 0) is 0 Å². The van der Waals surface area contributed by atoms with Crippen LogP contribution in [0, 0.1) is 5.82 Å². The average Bonchev–Trinajstić information content (AvgIpc) is 2.52. The van der Waals surface area contributed by atoms with Gasteiger partial charge in [-0.1, -0.05) is 18.5 Å². The van der Waals surface area contributed by atoms with Crippen molar-refractivity contribution in [2.45, 2.75) is 13.3 Å². The minimum absolute atomic E-state index is 0.146. The van der Waals surface area contributed by atoms with Crippen molar-refractivity contribution in [3.8, 4) is 0 Å². The Hall–Kier alpha value is -1.17. The molecule has 0 radical (unpaired) electrons. The molecule has 1 amide bonds. The van der Waals surface area contributed by atoms with Gasteiger partial charge < -0.3 is 15.1 Å². The van der Waals surface area contributed by atoms with Gasteiger partial charge in [0.05, 0.1) is 10.6 Å². The standard InChI is InChI=1S/C16H23ClFN3O/c1-2-20-8-10-21(11-9-20)7-3-6-19-16(22)14-5-4-13(18)12-15(14)17/h4-5,12H,2-3,6-11H2,1H3,(H,19,22). The lowest BCUT2D eigenvalue weighted by Crippen LogP contribution is -2.46. The SMILES string of the molecule is CCN1CCN(CCCNC(=O)c2ccc(F)cc2Cl)CC1. The molecule has 1 aromatic carbocycles. The second-order valence-corrected chi connectivity index (χ2v) is 5.92. The zero-order valence-electron chi connectivity index (χ0n) is 12.9. The van der Waals surface area contributed by atoms with E-state index < -0.39 is 5.82 Å². The first kappa shape index (κ1) is 17.2. The maximum Gasteiger partial charge on any atom is 0.252 e. The van der Waals surface area contributed by atoms with Gasteiger partial charge in [0.15, 0.2) is 0 Å². The molecule has 2 rings (SSSR count). The third-order valence-corrected chi connectivity index (χ3v) is 4.34. The van der Waals surface area contributed by atoms with Gasteiger partial charge in [-0.3, -0.25) is 4.79 Å². The van der Waals surface area contributed by atoms with E-state index in [2.05, 4.69) is 22.0 Å². The summed E-state index contributed by atoms with van der Waals surface area (Å²) in [5.74, 6) is -0.687. The predicted octanol–water partition coefficient (Wildman–Crippen LogP) is 2.24. The van der Waals surface area contributed by atoms with Crippen LogP contribution in [0.15, 0.2) is 18.2 Å². The summed E-state index contributed by atoms with van der Waals surface area (Å²) in [6.45, 7) is 9.29. The van der Waals surface area contributed by atoms with Crippen LogP contribution < -0.4 is 5.32 Å². The van der Waals surface area contributed by atoms with Gasteiger partial charge in [0.25, 0.3) is 5.91 Å². The quantitative estimate of drug-likeness (QED) is 0.814. The van der Waals surface area contributed by atoms with E-state index in [1.54, 1.807) is 0 Å². The average molecular weight is 328 g/mol. The van der Waals surface area contributed by atoms with Gasteiger partial charge in [-0.25, -0.2) is 4.39 Å². The number of halogens is 2. The lowest BCUT2D eigenvalue weighted by atomic mass is 10.2. The number of amides is 1. The molecule has 0 saturated carbocycles. The summed E-state index contributed by atoms with van der Waals surface area (Å²) in [6.07, 6.45) is 0.899. The molecule has 0 aliphatic carbocycles. The number of carbonyl (C=O) groups excluding carboxylic acids is 1. The van der Waals surface area contributed by atoms with Gasteiger partial charge in [0.2, 0.25) is 0 Å². The molecule has 0 bridgehead atoms. The Morgan fingerprint density at radius 3 is 2.59 bits per heavy atom. The first-order chi connectivity index (χ1) is 10.6. The van der Waals surface area contributed by atoms with Crippen LogP contribution in [0.3, 0.4) is 0 Å². The fourth-order valence-electron chi connectivity index (χ4n) is 2.60. The van der Waals surface area contributed by atoms with Gasteiger partial charge in [0.1, 0.15) is 5.82 Å². The van der Waals surface area contributed by atoms with Gasteiger partial charge in [-0.15, -0.1) is 0 Å². The molecule has 0 spiro atoms. The molecular weight excluding hydrogens is 305 g/mol. The number of rotatable bonds is 6. The van der Waals surface area contributed by atoms with E-state index in [0.29, 0.717) is 12.1 Å². The van der Waals surface area contributed by atoms with E-state index in [1.165, 1.54) is 12.1 Å². The van der Waals surface area contributed by atoms with E-state index in [-0.39, 0.29) is 10.9 Å². The second-order valence-electron chi connectivity index (χ2n) is 5.51. The van der Waals surface area contributed by atoms with Gasteiger partial charge in [-0.05, 0) is 37.7 Å². The molecule has 4 nitrogen and oxygen atoms in total. The number of hydrogen-bond donors (Lipinski definition) is 1. The van der Waals surface area contributed by atoms with Gasteiger partial charge in [0, 0.05) is 32.7 Å². The maximum absolute atomic E-state index is 13.0. The zero-order chi connectivity index (χ0) is 15.9. The summed E-state index contributed by atoms with van der Waals surface area (Å²) in [7, 11) is 0. The highest BCUT2D eigenvalue weighted by molar-refractivity contribution is 6.33. The summed E-state index contributed by atoms with van der Waals surface area (Å²) in [4.78, 5) is 16.8. The summed E-state index contributed by atoms with van der Waals surface area (Å²) < 4.78 is 13.0. The Kier molecular flexibility index (Phi) is 6.61. The molecule has 0 atom stereocenters. The van der Waals surface area contributed by atoms with Crippen molar-refractivity contribution in [2.75, 3.05) is 45.8 Å². The summed E-state index contributed by atoms with van der Waals surface area (Å²) >= 11 is 5.87. The van der Waals surface area contributed by atoms with Crippen molar-refractivity contribution >= 4 is 17.5 Å². The van der Waals surface area contributed by atoms with Crippen molar-refractivity contribution < 1.29 is 9.18 Å². The van der Waals surface area contributed by atoms with E-state index in [9.17, 15) is 9.18 Å². The Labute approximate surface area is 136 Å². The molecule has 6 heteroatoms. The van der Waals surface area contributed by atoms with Crippen molar-refractivity contribution in [2.24, 2.45) is 0 Å². The molecule has 1 fully saturated rings. The van der Waals surface area contributed by atoms with Crippen LogP contribution >= 0.6 is 11.6 Å². The summed E-state index contributed by atoms with van der Waals surface area (Å²) in [5, 5.41) is 2.98. The molecule has 0 unspecified atom stereocenters. The first-order valence-electron chi connectivity index (χ1n) is 7.78. The van der Waals surface area contributed by atoms with Crippen LogP contribution in [0.2, 0.25) is 5.02 Å². The minimum atomic E-state index is -0.437. The number of benzene rings is 1. The van der Waals surface area contributed by atoms with Crippen LogP contribution in [-0.4, -0.2) is 61.5 Å². The fraction of sp³-hybridized carbons (Fsp3) is 0.562. The van der Waals surface area contributed by atoms with E-state index in [0.717, 1.165) is 51.8 Å². The number of carbonyl (C=O) groups is 1. The van der Waals surface area contributed by atoms with Crippen molar-refractivity contribution in [1.82, 2.24) is 15.1 Å². The highest BCUT2D eigenvalue weighted by atomic mass is 35.5. The van der Waals surface area contributed by atoms with E-state index in [1.807, 2.05) is 0 Å². The smallest absolute Gasteiger partial charge is 0.252 e. The number of likely N-dealkylation sites (N-methyl/N-ethyl adjacent to an activating group) is 1. The Balaban J connectivity index is 1.67. The third-order valence-electron chi connectivity index (χ3n) is 4.02. The van der Waals surface area contributed by atoms with Crippen molar-refractivity contribution in [3.05, 3.63) is 34.6 Å². The van der Waals surface area contributed by atoms with Crippen LogP contribution in [0.5, 0.6) is 0 Å². The Morgan fingerprint density at radius 2 is 1.95 bits per heavy atom. The monoisotopic (exact) mass is 327 g/mol.